The number of carbonyl (C=O) groups is 1. The molecule has 1 aromatic heterocycles. The molecule has 1 aromatic rings. The monoisotopic (exact) mass is 322 g/mol. The van der Waals surface area contributed by atoms with E-state index in [1.54, 1.807) is 13.0 Å². The Kier molecular flexibility index (Phi) is 4.88. The first kappa shape index (κ1) is 13.9. The average Bonchev–Trinajstić information content (AvgIpc) is 2.20. The van der Waals surface area contributed by atoms with Gasteiger partial charge in [0, 0.05) is 0 Å². The molecule has 0 saturated heterocycles. The van der Waals surface area contributed by atoms with Crippen molar-refractivity contribution >= 4 is 37.6 Å². The molecule has 0 fully saturated rings. The highest BCUT2D eigenvalue weighted by atomic mass is 79.9. The highest BCUT2D eigenvalue weighted by Gasteiger charge is 2.17. The number of rotatable bonds is 5. The van der Waals surface area contributed by atoms with E-state index in [0.717, 1.165) is 0 Å². The largest absolute Gasteiger partial charge is 0.465 e. The Morgan fingerprint density at radius 2 is 2.24 bits per heavy atom. The molecule has 1 heterocycles. The highest BCUT2D eigenvalue weighted by molar-refractivity contribution is 9.10. The lowest BCUT2D eigenvalue weighted by Gasteiger charge is -2.07. The van der Waals surface area contributed by atoms with Crippen molar-refractivity contribution in [2.24, 2.45) is 0 Å². The number of halogens is 1. The summed E-state index contributed by atoms with van der Waals surface area (Å²) < 4.78 is 30.4. The van der Waals surface area contributed by atoms with Crippen molar-refractivity contribution in [1.82, 2.24) is 4.98 Å². The smallest absolute Gasteiger partial charge is 0.323 e. The van der Waals surface area contributed by atoms with Crippen LogP contribution in [0.1, 0.15) is 6.92 Å². The fraction of sp³-hybridized carbons (Fsp3) is 0.333. The lowest BCUT2D eigenvalue weighted by Crippen LogP contribution is -2.24. The van der Waals surface area contributed by atoms with E-state index in [2.05, 4.69) is 30.4 Å². The number of aromatic nitrogens is 1. The first-order valence-corrected chi connectivity index (χ1v) is 7.15. The molecule has 94 valence electrons. The second kappa shape index (κ2) is 5.97. The van der Waals surface area contributed by atoms with E-state index >= 15 is 0 Å². The van der Waals surface area contributed by atoms with Crippen LogP contribution in [0.4, 0.5) is 5.69 Å². The standard InChI is InChI=1S/C9H11BrN2O4S/c1-2-16-9(13)6-17(14,15)12-7-3-4-8(10)11-5-7/h3-5,12H,2,6H2,1H3. The van der Waals surface area contributed by atoms with Gasteiger partial charge in [0.05, 0.1) is 18.5 Å². The van der Waals surface area contributed by atoms with Crippen LogP contribution in [0.5, 0.6) is 0 Å². The predicted molar refractivity (Wildman–Crippen MR) is 66.0 cm³/mol. The fourth-order valence-corrected chi connectivity index (χ4v) is 2.19. The second-order valence-electron chi connectivity index (χ2n) is 3.04. The number of anilines is 1. The zero-order valence-electron chi connectivity index (χ0n) is 9.01. The minimum absolute atomic E-state index is 0.147. The Labute approximate surface area is 108 Å². The van der Waals surface area contributed by atoms with Gasteiger partial charge >= 0.3 is 5.97 Å². The number of sulfonamides is 1. The molecule has 0 saturated carbocycles. The highest BCUT2D eigenvalue weighted by Crippen LogP contribution is 2.12. The van der Waals surface area contributed by atoms with Gasteiger partial charge in [-0.25, -0.2) is 13.4 Å². The molecule has 6 nitrogen and oxygen atoms in total. The van der Waals surface area contributed by atoms with Crippen molar-refractivity contribution in [2.75, 3.05) is 17.1 Å². The van der Waals surface area contributed by atoms with Gasteiger partial charge < -0.3 is 4.74 Å². The van der Waals surface area contributed by atoms with Crippen LogP contribution in [0.2, 0.25) is 0 Å². The van der Waals surface area contributed by atoms with Crippen molar-refractivity contribution < 1.29 is 17.9 Å². The minimum atomic E-state index is -3.75. The lowest BCUT2D eigenvalue weighted by atomic mass is 10.4. The molecule has 1 rings (SSSR count). The van der Waals surface area contributed by atoms with Gasteiger partial charge in [0.2, 0.25) is 10.0 Å². The Balaban J connectivity index is 2.66. The molecule has 0 unspecified atom stereocenters. The summed E-state index contributed by atoms with van der Waals surface area (Å²) in [5, 5.41) is 0. The molecule has 0 amide bonds. The number of esters is 1. The minimum Gasteiger partial charge on any atom is -0.465 e. The Morgan fingerprint density at radius 1 is 1.53 bits per heavy atom. The topological polar surface area (TPSA) is 85.4 Å². The molecule has 0 aromatic carbocycles. The van der Waals surface area contributed by atoms with Crippen LogP contribution in [0.25, 0.3) is 0 Å². The third kappa shape index (κ3) is 5.14. The van der Waals surface area contributed by atoms with Gasteiger partial charge in [-0.3, -0.25) is 9.52 Å². The molecule has 17 heavy (non-hydrogen) atoms. The van der Waals surface area contributed by atoms with E-state index in [9.17, 15) is 13.2 Å². The molecule has 0 aliphatic heterocycles. The van der Waals surface area contributed by atoms with E-state index in [1.807, 2.05) is 0 Å². The molecule has 0 spiro atoms. The molecule has 0 aliphatic rings. The quantitative estimate of drug-likeness (QED) is 0.649. The van der Waals surface area contributed by atoms with Crippen LogP contribution < -0.4 is 4.72 Å². The normalized spacial score (nSPS) is 10.9. The van der Waals surface area contributed by atoms with Crippen LogP contribution in [0.3, 0.4) is 0 Å². The molecule has 0 atom stereocenters. The number of carbonyl (C=O) groups excluding carboxylic acids is 1. The van der Waals surface area contributed by atoms with Gasteiger partial charge in [0.1, 0.15) is 4.60 Å². The van der Waals surface area contributed by atoms with Gasteiger partial charge in [-0.05, 0) is 35.0 Å². The van der Waals surface area contributed by atoms with Crippen LogP contribution in [-0.2, 0) is 19.6 Å². The molecule has 0 aliphatic carbocycles. The van der Waals surface area contributed by atoms with Crippen molar-refractivity contribution in [3.63, 3.8) is 0 Å². The third-order valence-electron chi connectivity index (χ3n) is 1.61. The average molecular weight is 323 g/mol. The summed E-state index contributed by atoms with van der Waals surface area (Å²) in [4.78, 5) is 14.9. The molecule has 1 N–H and O–H groups in total. The van der Waals surface area contributed by atoms with Crippen LogP contribution in [0, 0.1) is 0 Å². The SMILES string of the molecule is CCOC(=O)CS(=O)(=O)Nc1ccc(Br)nc1. The maximum absolute atomic E-state index is 11.5. The van der Waals surface area contributed by atoms with Gasteiger partial charge in [0.25, 0.3) is 0 Å². The third-order valence-corrected chi connectivity index (χ3v) is 3.25. The number of nitrogens with one attached hydrogen (secondary N) is 1. The number of hydrogen-bond donors (Lipinski definition) is 1. The summed E-state index contributed by atoms with van der Waals surface area (Å²) >= 11 is 3.12. The number of pyridine rings is 1. The summed E-state index contributed by atoms with van der Waals surface area (Å²) in [7, 11) is -3.75. The van der Waals surface area contributed by atoms with Crippen molar-refractivity contribution in [3.05, 3.63) is 22.9 Å². The number of ether oxygens (including phenoxy) is 1. The van der Waals surface area contributed by atoms with Crippen molar-refractivity contribution in [3.8, 4) is 0 Å². The fourth-order valence-electron chi connectivity index (χ4n) is 1.01. The van der Waals surface area contributed by atoms with Gasteiger partial charge in [-0.1, -0.05) is 0 Å². The number of hydrogen-bond acceptors (Lipinski definition) is 5. The summed E-state index contributed by atoms with van der Waals surface area (Å²) in [6, 6.07) is 3.11. The van der Waals surface area contributed by atoms with Crippen LogP contribution in [0.15, 0.2) is 22.9 Å². The predicted octanol–water partition coefficient (Wildman–Crippen LogP) is 1.15. The zero-order chi connectivity index (χ0) is 12.9. The zero-order valence-corrected chi connectivity index (χ0v) is 11.4. The lowest BCUT2D eigenvalue weighted by molar-refractivity contribution is -0.139. The molecular weight excluding hydrogens is 312 g/mol. The van der Waals surface area contributed by atoms with E-state index in [-0.39, 0.29) is 12.3 Å². The second-order valence-corrected chi connectivity index (χ2v) is 5.57. The summed E-state index contributed by atoms with van der Waals surface area (Å²) in [6.07, 6.45) is 1.34. The first-order chi connectivity index (χ1) is 7.93. The van der Waals surface area contributed by atoms with E-state index in [0.29, 0.717) is 4.60 Å². The molecule has 0 bridgehead atoms. The van der Waals surface area contributed by atoms with E-state index in [1.165, 1.54) is 12.3 Å². The molecular formula is C9H11BrN2O4S. The Morgan fingerprint density at radius 3 is 2.76 bits per heavy atom. The van der Waals surface area contributed by atoms with Gasteiger partial charge in [-0.15, -0.1) is 0 Å². The van der Waals surface area contributed by atoms with Crippen LogP contribution in [-0.4, -0.2) is 31.7 Å². The summed E-state index contributed by atoms with van der Waals surface area (Å²) in [5.74, 6) is -1.50. The first-order valence-electron chi connectivity index (χ1n) is 4.70. The Hall–Kier alpha value is -1.15. The maximum Gasteiger partial charge on any atom is 0.323 e. The van der Waals surface area contributed by atoms with Gasteiger partial charge in [0.15, 0.2) is 5.75 Å². The Bertz CT molecular complexity index is 486. The number of nitrogens with zero attached hydrogens (tertiary/aromatic N) is 1. The molecule has 0 radical (unpaired) electrons. The maximum atomic E-state index is 11.5. The van der Waals surface area contributed by atoms with E-state index in [4.69, 9.17) is 0 Å². The van der Waals surface area contributed by atoms with Crippen molar-refractivity contribution in [1.29, 1.82) is 0 Å². The summed E-state index contributed by atoms with van der Waals surface area (Å²) in [5.41, 5.74) is 0.289. The van der Waals surface area contributed by atoms with Crippen molar-refractivity contribution in [2.45, 2.75) is 6.92 Å². The summed E-state index contributed by atoms with van der Waals surface area (Å²) in [6.45, 7) is 1.75. The molecule has 8 heteroatoms. The van der Waals surface area contributed by atoms with E-state index < -0.39 is 21.7 Å². The van der Waals surface area contributed by atoms with Gasteiger partial charge in [-0.2, -0.15) is 0 Å². The van der Waals surface area contributed by atoms with Crippen LogP contribution >= 0.6 is 15.9 Å².